The van der Waals surface area contributed by atoms with Crippen LogP contribution in [0.15, 0.2) is 41.5 Å². The Morgan fingerprint density at radius 3 is 3.00 bits per heavy atom. The number of nitrogens with zero attached hydrogens (tertiary/aromatic N) is 1. The number of benzene rings is 1. The van der Waals surface area contributed by atoms with Gasteiger partial charge in [-0.2, -0.15) is 0 Å². The number of hydrogen-bond donors (Lipinski definition) is 2. The Labute approximate surface area is 126 Å². The van der Waals surface area contributed by atoms with Crippen LogP contribution in [0.5, 0.6) is 0 Å². The molecule has 0 amide bonds. The monoisotopic (exact) mass is 298 g/mol. The van der Waals surface area contributed by atoms with Gasteiger partial charge in [-0.1, -0.05) is 30.3 Å². The molecule has 0 fully saturated rings. The Hall–Kier alpha value is -1.98. The standard InChI is InChI=1S/C16H15N3OS/c20-15-14-12-9-19(8-11-4-2-1-3-5-11)7-6-13(12)21-16(14)18-10-17-15/h1-5,10H,6-9H2,(H,17,18,20)/p+1. The molecule has 4 rings (SSSR count). The lowest BCUT2D eigenvalue weighted by molar-refractivity contribution is -0.929. The quantitative estimate of drug-likeness (QED) is 0.745. The van der Waals surface area contributed by atoms with E-state index in [0.29, 0.717) is 0 Å². The van der Waals surface area contributed by atoms with E-state index in [1.807, 2.05) is 6.07 Å². The summed E-state index contributed by atoms with van der Waals surface area (Å²) in [4.78, 5) is 22.8. The van der Waals surface area contributed by atoms with Crippen molar-refractivity contribution >= 4 is 21.6 Å². The van der Waals surface area contributed by atoms with Gasteiger partial charge in [-0.15, -0.1) is 11.3 Å². The predicted molar refractivity (Wildman–Crippen MR) is 83.6 cm³/mol. The lowest BCUT2D eigenvalue weighted by Gasteiger charge is -2.24. The summed E-state index contributed by atoms with van der Waals surface area (Å²) < 4.78 is 0. The summed E-state index contributed by atoms with van der Waals surface area (Å²) in [5.74, 6) is 0. The molecule has 0 saturated carbocycles. The highest BCUT2D eigenvalue weighted by Crippen LogP contribution is 2.28. The predicted octanol–water partition coefficient (Wildman–Crippen LogP) is 1.13. The highest BCUT2D eigenvalue weighted by molar-refractivity contribution is 7.18. The third kappa shape index (κ3) is 2.28. The zero-order valence-corrected chi connectivity index (χ0v) is 12.4. The topological polar surface area (TPSA) is 50.2 Å². The summed E-state index contributed by atoms with van der Waals surface area (Å²) in [5, 5.41) is 0.808. The Morgan fingerprint density at radius 2 is 2.14 bits per heavy atom. The molecule has 106 valence electrons. The molecule has 0 spiro atoms. The van der Waals surface area contributed by atoms with Crippen LogP contribution >= 0.6 is 11.3 Å². The number of H-pyrrole nitrogens is 1. The molecule has 4 nitrogen and oxygen atoms in total. The number of hydrogen-bond acceptors (Lipinski definition) is 3. The van der Waals surface area contributed by atoms with Crippen molar-refractivity contribution in [1.82, 2.24) is 9.97 Å². The lowest BCUT2D eigenvalue weighted by Crippen LogP contribution is -3.10. The normalized spacial score (nSPS) is 17.8. The Morgan fingerprint density at radius 1 is 1.29 bits per heavy atom. The number of fused-ring (bicyclic) bond motifs is 3. The number of aromatic nitrogens is 2. The van der Waals surface area contributed by atoms with Gasteiger partial charge < -0.3 is 9.88 Å². The van der Waals surface area contributed by atoms with Crippen LogP contribution in [0.25, 0.3) is 10.2 Å². The first kappa shape index (κ1) is 12.7. The molecule has 0 aliphatic carbocycles. The average Bonchev–Trinajstić information content (AvgIpc) is 2.87. The largest absolute Gasteiger partial charge is 0.327 e. The van der Waals surface area contributed by atoms with Crippen molar-refractivity contribution in [2.24, 2.45) is 0 Å². The van der Waals surface area contributed by atoms with Gasteiger partial charge in [0.05, 0.1) is 18.3 Å². The molecular weight excluding hydrogens is 282 g/mol. The zero-order chi connectivity index (χ0) is 14.2. The molecular formula is C16H16N3OS+. The molecule has 1 aromatic carbocycles. The van der Waals surface area contributed by atoms with Crippen LogP contribution in [0.3, 0.4) is 0 Å². The molecule has 21 heavy (non-hydrogen) atoms. The van der Waals surface area contributed by atoms with Crippen LogP contribution in [0.1, 0.15) is 16.0 Å². The fourth-order valence-corrected chi connectivity index (χ4v) is 4.26. The van der Waals surface area contributed by atoms with Crippen molar-refractivity contribution in [3.63, 3.8) is 0 Å². The lowest BCUT2D eigenvalue weighted by atomic mass is 10.1. The number of thiophene rings is 1. The summed E-state index contributed by atoms with van der Waals surface area (Å²) in [6, 6.07) is 10.5. The van der Waals surface area contributed by atoms with Crippen molar-refractivity contribution in [2.75, 3.05) is 6.54 Å². The van der Waals surface area contributed by atoms with Crippen molar-refractivity contribution in [3.8, 4) is 0 Å². The number of rotatable bonds is 2. The second-order valence-corrected chi connectivity index (χ2v) is 6.59. The van der Waals surface area contributed by atoms with Crippen LogP contribution in [0, 0.1) is 0 Å². The molecule has 1 aliphatic heterocycles. The smallest absolute Gasteiger partial charge is 0.259 e. The molecule has 3 heterocycles. The maximum atomic E-state index is 12.1. The molecule has 1 atom stereocenters. The van der Waals surface area contributed by atoms with Gasteiger partial charge in [-0.3, -0.25) is 4.79 Å². The Balaban J connectivity index is 1.68. The van der Waals surface area contributed by atoms with E-state index in [4.69, 9.17) is 0 Å². The molecule has 3 aromatic rings. The third-order valence-corrected chi connectivity index (χ3v) is 5.31. The fraction of sp³-hybridized carbons (Fsp3) is 0.250. The van der Waals surface area contributed by atoms with Crippen molar-refractivity contribution in [1.29, 1.82) is 0 Å². The van der Waals surface area contributed by atoms with Crippen molar-refractivity contribution in [3.05, 3.63) is 63.0 Å². The van der Waals surface area contributed by atoms with Crippen LogP contribution in [-0.4, -0.2) is 16.5 Å². The molecule has 0 bridgehead atoms. The summed E-state index contributed by atoms with van der Waals surface area (Å²) >= 11 is 1.68. The second-order valence-electron chi connectivity index (χ2n) is 5.50. The second kappa shape index (κ2) is 5.09. The first-order valence-corrected chi connectivity index (χ1v) is 7.98. The van der Waals surface area contributed by atoms with E-state index >= 15 is 0 Å². The first-order chi connectivity index (χ1) is 10.3. The van der Waals surface area contributed by atoms with Crippen LogP contribution in [0.4, 0.5) is 0 Å². The third-order valence-electron chi connectivity index (χ3n) is 4.11. The minimum Gasteiger partial charge on any atom is -0.327 e. The number of nitrogens with one attached hydrogen (secondary N) is 2. The summed E-state index contributed by atoms with van der Waals surface area (Å²) in [5.41, 5.74) is 2.56. The first-order valence-electron chi connectivity index (χ1n) is 7.16. The van der Waals surface area contributed by atoms with Crippen molar-refractivity contribution < 1.29 is 4.90 Å². The average molecular weight is 298 g/mol. The Bertz CT molecular complexity index is 838. The van der Waals surface area contributed by atoms with Gasteiger partial charge in [-0.25, -0.2) is 4.98 Å². The maximum Gasteiger partial charge on any atom is 0.259 e. The Kier molecular flexibility index (Phi) is 3.09. The molecule has 2 N–H and O–H groups in total. The highest BCUT2D eigenvalue weighted by atomic mass is 32.1. The molecule has 0 saturated heterocycles. The van der Waals surface area contributed by atoms with Gasteiger partial charge in [0, 0.05) is 22.4 Å². The summed E-state index contributed by atoms with van der Waals surface area (Å²) in [6.45, 7) is 3.04. The summed E-state index contributed by atoms with van der Waals surface area (Å²) in [6.07, 6.45) is 2.54. The molecule has 2 aromatic heterocycles. The van der Waals surface area contributed by atoms with E-state index in [1.54, 1.807) is 11.3 Å². The van der Waals surface area contributed by atoms with Gasteiger partial charge in [0.1, 0.15) is 17.9 Å². The highest BCUT2D eigenvalue weighted by Gasteiger charge is 2.25. The van der Waals surface area contributed by atoms with E-state index in [-0.39, 0.29) is 5.56 Å². The zero-order valence-electron chi connectivity index (χ0n) is 11.6. The van der Waals surface area contributed by atoms with E-state index in [2.05, 4.69) is 34.2 Å². The van der Waals surface area contributed by atoms with E-state index < -0.39 is 0 Å². The van der Waals surface area contributed by atoms with Crippen LogP contribution < -0.4 is 10.5 Å². The number of aromatic amines is 1. The van der Waals surface area contributed by atoms with Gasteiger partial charge in [-0.05, 0) is 0 Å². The van der Waals surface area contributed by atoms with Crippen LogP contribution in [0.2, 0.25) is 0 Å². The fourth-order valence-electron chi connectivity index (χ4n) is 3.10. The van der Waals surface area contributed by atoms with Gasteiger partial charge in [0.25, 0.3) is 5.56 Å². The minimum absolute atomic E-state index is 0.00142. The molecule has 5 heteroatoms. The maximum absolute atomic E-state index is 12.1. The van der Waals surface area contributed by atoms with E-state index in [1.165, 1.54) is 27.2 Å². The molecule has 1 unspecified atom stereocenters. The minimum atomic E-state index is -0.00142. The van der Waals surface area contributed by atoms with Crippen molar-refractivity contribution in [2.45, 2.75) is 19.5 Å². The van der Waals surface area contributed by atoms with Crippen LogP contribution in [-0.2, 0) is 19.5 Å². The van der Waals surface area contributed by atoms with E-state index in [9.17, 15) is 4.79 Å². The molecule has 0 radical (unpaired) electrons. The van der Waals surface area contributed by atoms with E-state index in [0.717, 1.165) is 36.3 Å². The van der Waals surface area contributed by atoms with Gasteiger partial charge in [0.15, 0.2) is 0 Å². The summed E-state index contributed by atoms with van der Waals surface area (Å²) in [7, 11) is 0. The number of quaternary nitrogens is 1. The molecule has 1 aliphatic rings. The SMILES string of the molecule is O=c1[nH]cnc2sc3c(c12)C[NH+](Cc1ccccc1)CC3. The van der Waals surface area contributed by atoms with Gasteiger partial charge >= 0.3 is 0 Å². The van der Waals surface area contributed by atoms with Gasteiger partial charge in [0.2, 0.25) is 0 Å².